The number of hydrogen-bond donors (Lipinski definition) is 2. The van der Waals surface area contributed by atoms with Gasteiger partial charge in [0.1, 0.15) is 0 Å². The van der Waals surface area contributed by atoms with Gasteiger partial charge in [0, 0.05) is 18.7 Å². The number of aryl methyl sites for hydroxylation is 1. The van der Waals surface area contributed by atoms with Gasteiger partial charge in [-0.2, -0.15) is 0 Å². The van der Waals surface area contributed by atoms with E-state index in [-0.39, 0.29) is 12.0 Å². The predicted molar refractivity (Wildman–Crippen MR) is 86.8 cm³/mol. The molecular weight excluding hydrogens is 278 g/mol. The Bertz CT molecular complexity index is 507. The van der Waals surface area contributed by atoms with E-state index in [1.807, 2.05) is 29.2 Å². The third-order valence-corrected chi connectivity index (χ3v) is 4.18. The normalized spacial score (nSPS) is 19.8. The Balaban J connectivity index is 2.03. The molecule has 0 spiro atoms. The second-order valence-corrected chi connectivity index (χ2v) is 6.89. The van der Waals surface area contributed by atoms with Crippen LogP contribution in [0.4, 0.5) is 0 Å². The third kappa shape index (κ3) is 5.11. The molecule has 0 saturated carbocycles. The van der Waals surface area contributed by atoms with Gasteiger partial charge >= 0.3 is 0 Å². The lowest BCUT2D eigenvalue weighted by Gasteiger charge is -2.21. The first-order valence-corrected chi connectivity index (χ1v) is 8.14. The van der Waals surface area contributed by atoms with Crippen LogP contribution in [-0.2, 0) is 6.42 Å². The minimum atomic E-state index is -0.694. The lowest BCUT2D eigenvalue weighted by molar-refractivity contribution is 0.0714. The summed E-state index contributed by atoms with van der Waals surface area (Å²) in [6.45, 7) is 4.92. The molecule has 122 valence electrons. The maximum absolute atomic E-state index is 12.6. The van der Waals surface area contributed by atoms with E-state index in [2.05, 4.69) is 0 Å². The molecule has 0 bridgehead atoms. The number of likely N-dealkylation sites (tertiary alicyclic amines) is 1. The molecule has 2 N–H and O–H groups in total. The zero-order chi connectivity index (χ0) is 16.2. The number of aliphatic hydroxyl groups is 2. The number of carbonyl (C=O) groups excluding carboxylic acids is 1. The molecule has 1 heterocycles. The van der Waals surface area contributed by atoms with Crippen molar-refractivity contribution >= 4 is 5.91 Å². The quantitative estimate of drug-likeness (QED) is 0.898. The highest BCUT2D eigenvalue weighted by molar-refractivity contribution is 5.94. The molecule has 22 heavy (non-hydrogen) atoms. The van der Waals surface area contributed by atoms with Gasteiger partial charge in [0.2, 0.25) is 0 Å². The van der Waals surface area contributed by atoms with Crippen molar-refractivity contribution in [1.29, 1.82) is 0 Å². The van der Waals surface area contributed by atoms with Crippen LogP contribution in [0, 0.1) is 0 Å². The van der Waals surface area contributed by atoms with Gasteiger partial charge in [-0.25, -0.2) is 0 Å². The van der Waals surface area contributed by atoms with Crippen LogP contribution in [0.1, 0.15) is 55.5 Å². The Hall–Kier alpha value is -1.39. The van der Waals surface area contributed by atoms with Gasteiger partial charge in [-0.15, -0.1) is 0 Å². The number of aliphatic hydroxyl groups excluding tert-OH is 1. The van der Waals surface area contributed by atoms with Crippen molar-refractivity contribution in [2.24, 2.45) is 0 Å². The fraction of sp³-hybridized carbons (Fsp3) is 0.611. The monoisotopic (exact) mass is 305 g/mol. The van der Waals surface area contributed by atoms with Crippen molar-refractivity contribution < 1.29 is 15.0 Å². The molecule has 0 aliphatic carbocycles. The molecule has 0 aromatic heterocycles. The summed E-state index contributed by atoms with van der Waals surface area (Å²) < 4.78 is 0. The van der Waals surface area contributed by atoms with E-state index in [1.54, 1.807) is 13.8 Å². The minimum absolute atomic E-state index is 0.0409. The van der Waals surface area contributed by atoms with E-state index < -0.39 is 5.60 Å². The number of carbonyl (C=O) groups is 1. The molecule has 1 saturated heterocycles. The van der Waals surface area contributed by atoms with Crippen LogP contribution in [0.25, 0.3) is 0 Å². The molecule has 4 heteroatoms. The lowest BCUT2D eigenvalue weighted by atomic mass is 9.97. The van der Waals surface area contributed by atoms with Gasteiger partial charge in [0.25, 0.3) is 5.91 Å². The second kappa shape index (κ2) is 7.25. The number of hydrogen-bond acceptors (Lipinski definition) is 3. The van der Waals surface area contributed by atoms with E-state index in [0.29, 0.717) is 31.5 Å². The van der Waals surface area contributed by atoms with Crippen molar-refractivity contribution in [1.82, 2.24) is 4.90 Å². The summed E-state index contributed by atoms with van der Waals surface area (Å²) in [6, 6.07) is 7.67. The molecule has 1 aliphatic heterocycles. The van der Waals surface area contributed by atoms with Crippen LogP contribution in [-0.4, -0.2) is 45.8 Å². The fourth-order valence-corrected chi connectivity index (χ4v) is 2.77. The number of nitrogens with zero attached hydrogens (tertiary/aromatic N) is 1. The Morgan fingerprint density at radius 1 is 1.32 bits per heavy atom. The van der Waals surface area contributed by atoms with Crippen molar-refractivity contribution in [3.05, 3.63) is 35.4 Å². The van der Waals surface area contributed by atoms with E-state index in [0.717, 1.165) is 24.8 Å². The van der Waals surface area contributed by atoms with Crippen LogP contribution >= 0.6 is 0 Å². The molecule has 2 rings (SSSR count). The SMILES string of the molecule is CC(C)(O)CCc1cccc(C(=O)N2CCC[C@@H](O)CC2)c1. The van der Waals surface area contributed by atoms with E-state index in [4.69, 9.17) is 0 Å². The molecule has 4 nitrogen and oxygen atoms in total. The predicted octanol–water partition coefficient (Wildman–Crippen LogP) is 2.38. The summed E-state index contributed by atoms with van der Waals surface area (Å²) in [5, 5.41) is 19.5. The summed E-state index contributed by atoms with van der Waals surface area (Å²) in [4.78, 5) is 14.4. The van der Waals surface area contributed by atoms with Crippen molar-refractivity contribution in [2.75, 3.05) is 13.1 Å². The topological polar surface area (TPSA) is 60.8 Å². The Labute approximate surface area is 132 Å². The second-order valence-electron chi connectivity index (χ2n) is 6.89. The largest absolute Gasteiger partial charge is 0.393 e. The number of amides is 1. The molecule has 1 fully saturated rings. The average molecular weight is 305 g/mol. The first kappa shape index (κ1) is 17.0. The smallest absolute Gasteiger partial charge is 0.253 e. The van der Waals surface area contributed by atoms with Gasteiger partial charge in [0.15, 0.2) is 0 Å². The first-order valence-electron chi connectivity index (χ1n) is 8.14. The molecule has 1 aromatic carbocycles. The molecule has 1 atom stereocenters. The van der Waals surface area contributed by atoms with Gasteiger partial charge in [-0.3, -0.25) is 4.79 Å². The highest BCUT2D eigenvalue weighted by Gasteiger charge is 2.20. The number of benzene rings is 1. The zero-order valence-electron chi connectivity index (χ0n) is 13.6. The molecule has 1 aromatic rings. The highest BCUT2D eigenvalue weighted by atomic mass is 16.3. The summed E-state index contributed by atoms with van der Waals surface area (Å²) in [5.74, 6) is 0.0409. The third-order valence-electron chi connectivity index (χ3n) is 4.18. The van der Waals surface area contributed by atoms with Crippen LogP contribution < -0.4 is 0 Å². The van der Waals surface area contributed by atoms with E-state index in [1.165, 1.54) is 0 Å². The molecule has 0 radical (unpaired) electrons. The molecule has 1 amide bonds. The van der Waals surface area contributed by atoms with Crippen molar-refractivity contribution in [2.45, 2.75) is 57.7 Å². The van der Waals surface area contributed by atoms with Crippen LogP contribution in [0.2, 0.25) is 0 Å². The minimum Gasteiger partial charge on any atom is -0.393 e. The molecule has 1 aliphatic rings. The van der Waals surface area contributed by atoms with E-state index in [9.17, 15) is 15.0 Å². The maximum atomic E-state index is 12.6. The van der Waals surface area contributed by atoms with Gasteiger partial charge < -0.3 is 15.1 Å². The summed E-state index contributed by atoms with van der Waals surface area (Å²) in [7, 11) is 0. The van der Waals surface area contributed by atoms with Gasteiger partial charge in [0.05, 0.1) is 11.7 Å². The zero-order valence-corrected chi connectivity index (χ0v) is 13.6. The average Bonchev–Trinajstić information content (AvgIpc) is 2.69. The van der Waals surface area contributed by atoms with E-state index >= 15 is 0 Å². The summed E-state index contributed by atoms with van der Waals surface area (Å²) in [5.41, 5.74) is 1.08. The highest BCUT2D eigenvalue weighted by Crippen LogP contribution is 2.17. The molecular formula is C18H27NO3. The maximum Gasteiger partial charge on any atom is 0.253 e. The van der Waals surface area contributed by atoms with Crippen molar-refractivity contribution in [3.8, 4) is 0 Å². The Morgan fingerprint density at radius 2 is 2.09 bits per heavy atom. The Kier molecular flexibility index (Phi) is 5.59. The first-order chi connectivity index (χ1) is 10.3. The number of rotatable bonds is 4. The Morgan fingerprint density at radius 3 is 2.82 bits per heavy atom. The van der Waals surface area contributed by atoms with Gasteiger partial charge in [-0.1, -0.05) is 12.1 Å². The fourth-order valence-electron chi connectivity index (χ4n) is 2.77. The standard InChI is InChI=1S/C18H27NO3/c1-18(2,22)10-8-14-5-3-6-15(13-14)17(21)19-11-4-7-16(20)9-12-19/h3,5-6,13,16,20,22H,4,7-12H2,1-2H3/t16-/m1/s1. The molecule has 0 unspecified atom stereocenters. The summed E-state index contributed by atoms with van der Waals surface area (Å²) in [6.07, 6.45) is 3.42. The lowest BCUT2D eigenvalue weighted by Crippen LogP contribution is -2.32. The van der Waals surface area contributed by atoms with Crippen LogP contribution in [0.15, 0.2) is 24.3 Å². The van der Waals surface area contributed by atoms with Crippen LogP contribution in [0.3, 0.4) is 0 Å². The van der Waals surface area contributed by atoms with Crippen LogP contribution in [0.5, 0.6) is 0 Å². The van der Waals surface area contributed by atoms with Crippen molar-refractivity contribution in [3.63, 3.8) is 0 Å². The summed E-state index contributed by atoms with van der Waals surface area (Å²) >= 11 is 0. The van der Waals surface area contributed by atoms with Gasteiger partial charge in [-0.05, 0) is 63.6 Å².